The summed E-state index contributed by atoms with van der Waals surface area (Å²) in [4.78, 5) is 30.5. The van der Waals surface area contributed by atoms with Crippen molar-refractivity contribution in [2.24, 2.45) is 0 Å². The molecular formula is C32H37F2N3O4S. The Bertz CT molecular complexity index is 1480. The minimum Gasteiger partial charge on any atom is -0.345 e. The first kappa shape index (κ1) is 31.3. The Morgan fingerprint density at radius 2 is 1.64 bits per heavy atom. The molecule has 0 aliphatic carbocycles. The molecule has 0 unspecified atom stereocenters. The standard InChI is InChI=1S/C32H37F2N3O4S/c1-3-37(31(38)21-23-9-12-27(13-10-23)42(2,40)41)26-15-18-36(19-16-26)20-17-30(24-7-5-4-6-8-24)35-32(39)25-11-14-28(33)29(34)22-25/h4-14,22,26,30H,3,15-21H2,1-2H3,(H,35,39)/t30-/m0/s1. The topological polar surface area (TPSA) is 86.8 Å². The van der Waals surface area contributed by atoms with E-state index in [0.29, 0.717) is 13.0 Å². The van der Waals surface area contributed by atoms with E-state index in [4.69, 9.17) is 0 Å². The van der Waals surface area contributed by atoms with Crippen LogP contribution in [0.5, 0.6) is 0 Å². The molecule has 3 aromatic carbocycles. The number of benzene rings is 3. The lowest BCUT2D eigenvalue weighted by Crippen LogP contribution is -2.48. The Morgan fingerprint density at radius 1 is 0.976 bits per heavy atom. The van der Waals surface area contributed by atoms with Crippen LogP contribution in [0.3, 0.4) is 0 Å². The Kier molecular flexibility index (Phi) is 10.5. The van der Waals surface area contributed by atoms with E-state index in [2.05, 4.69) is 10.2 Å². The molecule has 0 spiro atoms. The van der Waals surface area contributed by atoms with Crippen LogP contribution in [0.2, 0.25) is 0 Å². The van der Waals surface area contributed by atoms with Gasteiger partial charge in [0.15, 0.2) is 21.5 Å². The first-order valence-electron chi connectivity index (χ1n) is 14.2. The van der Waals surface area contributed by atoms with Gasteiger partial charge in [-0.15, -0.1) is 0 Å². The minimum atomic E-state index is -3.29. The van der Waals surface area contributed by atoms with Crippen molar-refractivity contribution in [2.45, 2.75) is 49.6 Å². The van der Waals surface area contributed by atoms with Crippen LogP contribution >= 0.6 is 0 Å². The molecule has 3 aromatic rings. The van der Waals surface area contributed by atoms with Crippen LogP contribution in [0.4, 0.5) is 8.78 Å². The normalized spacial score (nSPS) is 15.2. The quantitative estimate of drug-likeness (QED) is 0.344. The van der Waals surface area contributed by atoms with Crippen molar-refractivity contribution in [3.05, 3.63) is 101 Å². The third-order valence-corrected chi connectivity index (χ3v) is 8.92. The smallest absolute Gasteiger partial charge is 0.251 e. The molecule has 0 radical (unpaired) electrons. The molecule has 1 N–H and O–H groups in total. The molecule has 0 saturated carbocycles. The highest BCUT2D eigenvalue weighted by molar-refractivity contribution is 7.90. The number of rotatable bonds is 11. The van der Waals surface area contributed by atoms with Crippen LogP contribution in [0.15, 0.2) is 77.7 Å². The SMILES string of the molecule is CCN(C(=O)Cc1ccc(S(C)(=O)=O)cc1)C1CCN(CC[C@H](NC(=O)c2ccc(F)c(F)c2)c2ccccc2)CC1. The molecule has 2 amide bonds. The molecule has 1 fully saturated rings. The first-order chi connectivity index (χ1) is 20.0. The van der Waals surface area contributed by atoms with Crippen LogP contribution in [-0.4, -0.2) is 68.5 Å². The maximum absolute atomic E-state index is 13.7. The van der Waals surface area contributed by atoms with Gasteiger partial charge in [-0.05, 0) is 67.6 Å². The summed E-state index contributed by atoms with van der Waals surface area (Å²) in [6.07, 6.45) is 3.65. The summed E-state index contributed by atoms with van der Waals surface area (Å²) in [6, 6.07) is 18.9. The summed E-state index contributed by atoms with van der Waals surface area (Å²) < 4.78 is 50.5. The van der Waals surface area contributed by atoms with Crippen molar-refractivity contribution < 1.29 is 26.8 Å². The number of piperidine rings is 1. The van der Waals surface area contributed by atoms with E-state index >= 15 is 0 Å². The van der Waals surface area contributed by atoms with Crippen LogP contribution in [-0.2, 0) is 21.1 Å². The van der Waals surface area contributed by atoms with Gasteiger partial charge in [0.2, 0.25) is 5.91 Å². The van der Waals surface area contributed by atoms with Gasteiger partial charge >= 0.3 is 0 Å². The zero-order valence-electron chi connectivity index (χ0n) is 23.9. The molecule has 0 aromatic heterocycles. The molecule has 0 bridgehead atoms. The van der Waals surface area contributed by atoms with E-state index in [-0.39, 0.29) is 34.9 Å². The molecular weight excluding hydrogens is 560 g/mol. The molecule has 1 saturated heterocycles. The fraction of sp³-hybridized carbons (Fsp3) is 0.375. The highest BCUT2D eigenvalue weighted by atomic mass is 32.2. The molecule has 1 aliphatic rings. The minimum absolute atomic E-state index is 0.0205. The number of carbonyl (C=O) groups is 2. The van der Waals surface area contributed by atoms with Crippen molar-refractivity contribution in [1.29, 1.82) is 0 Å². The zero-order valence-corrected chi connectivity index (χ0v) is 24.7. The summed E-state index contributed by atoms with van der Waals surface area (Å²) in [7, 11) is -3.29. The van der Waals surface area contributed by atoms with E-state index in [1.165, 1.54) is 18.2 Å². The third-order valence-electron chi connectivity index (χ3n) is 7.79. The second kappa shape index (κ2) is 14.0. The number of likely N-dealkylation sites (N-methyl/N-ethyl adjacent to an activating group) is 1. The third kappa shape index (κ3) is 8.23. The van der Waals surface area contributed by atoms with E-state index < -0.39 is 27.4 Å². The van der Waals surface area contributed by atoms with Crippen LogP contribution < -0.4 is 5.32 Å². The molecule has 4 rings (SSSR count). The molecule has 7 nitrogen and oxygen atoms in total. The molecule has 1 heterocycles. The lowest BCUT2D eigenvalue weighted by atomic mass is 9.99. The number of sulfone groups is 1. The Balaban J connectivity index is 1.32. The summed E-state index contributed by atoms with van der Waals surface area (Å²) in [5.74, 6) is -2.51. The Morgan fingerprint density at radius 3 is 2.24 bits per heavy atom. The van der Waals surface area contributed by atoms with Gasteiger partial charge in [-0.3, -0.25) is 9.59 Å². The molecule has 10 heteroatoms. The molecule has 224 valence electrons. The molecule has 42 heavy (non-hydrogen) atoms. The summed E-state index contributed by atoms with van der Waals surface area (Å²) in [5.41, 5.74) is 1.77. The lowest BCUT2D eigenvalue weighted by molar-refractivity contribution is -0.133. The highest BCUT2D eigenvalue weighted by Crippen LogP contribution is 2.22. The predicted octanol–water partition coefficient (Wildman–Crippen LogP) is 4.79. The first-order valence-corrected chi connectivity index (χ1v) is 16.1. The lowest BCUT2D eigenvalue weighted by Gasteiger charge is -2.38. The number of hydrogen-bond acceptors (Lipinski definition) is 5. The number of halogens is 2. The van der Waals surface area contributed by atoms with Gasteiger partial charge in [0, 0.05) is 44.0 Å². The average molecular weight is 598 g/mol. The Hall–Kier alpha value is -3.63. The number of likely N-dealkylation sites (tertiary alicyclic amines) is 1. The van der Waals surface area contributed by atoms with Gasteiger partial charge in [0.25, 0.3) is 5.91 Å². The summed E-state index contributed by atoms with van der Waals surface area (Å²) >= 11 is 0. The van der Waals surface area contributed by atoms with Crippen molar-refractivity contribution in [3.8, 4) is 0 Å². The van der Waals surface area contributed by atoms with Crippen LogP contribution in [0.25, 0.3) is 0 Å². The van der Waals surface area contributed by atoms with Gasteiger partial charge in [-0.25, -0.2) is 17.2 Å². The average Bonchev–Trinajstić information content (AvgIpc) is 2.98. The largest absolute Gasteiger partial charge is 0.345 e. The van der Waals surface area contributed by atoms with Gasteiger partial charge in [-0.1, -0.05) is 42.5 Å². The second-order valence-corrected chi connectivity index (χ2v) is 12.7. The highest BCUT2D eigenvalue weighted by Gasteiger charge is 2.28. The Labute approximate surface area is 246 Å². The van der Waals surface area contributed by atoms with Crippen LogP contribution in [0.1, 0.15) is 53.7 Å². The maximum atomic E-state index is 13.7. The molecule has 1 atom stereocenters. The summed E-state index contributed by atoms with van der Waals surface area (Å²) in [6.45, 7) is 4.89. The number of nitrogens with one attached hydrogen (secondary N) is 1. The van der Waals surface area contributed by atoms with Crippen molar-refractivity contribution in [3.63, 3.8) is 0 Å². The van der Waals surface area contributed by atoms with Crippen molar-refractivity contribution in [2.75, 3.05) is 32.4 Å². The van der Waals surface area contributed by atoms with E-state index in [0.717, 1.165) is 62.0 Å². The van der Waals surface area contributed by atoms with Gasteiger partial charge in [-0.2, -0.15) is 0 Å². The monoisotopic (exact) mass is 597 g/mol. The van der Waals surface area contributed by atoms with E-state index in [1.54, 1.807) is 12.1 Å². The van der Waals surface area contributed by atoms with Gasteiger partial charge in [0.1, 0.15) is 0 Å². The van der Waals surface area contributed by atoms with Gasteiger partial charge in [0.05, 0.1) is 17.4 Å². The summed E-state index contributed by atoms with van der Waals surface area (Å²) in [5, 5.41) is 2.98. The number of amides is 2. The van der Waals surface area contributed by atoms with E-state index in [1.807, 2.05) is 42.2 Å². The van der Waals surface area contributed by atoms with Crippen LogP contribution in [0, 0.1) is 11.6 Å². The number of hydrogen-bond donors (Lipinski definition) is 1. The number of carbonyl (C=O) groups excluding carboxylic acids is 2. The van der Waals surface area contributed by atoms with E-state index in [9.17, 15) is 26.8 Å². The zero-order chi connectivity index (χ0) is 30.3. The fourth-order valence-electron chi connectivity index (χ4n) is 5.42. The molecule has 1 aliphatic heterocycles. The fourth-order valence-corrected chi connectivity index (χ4v) is 6.05. The van der Waals surface area contributed by atoms with Crippen molar-refractivity contribution in [1.82, 2.24) is 15.1 Å². The second-order valence-electron chi connectivity index (χ2n) is 10.7. The maximum Gasteiger partial charge on any atom is 0.251 e. The van der Waals surface area contributed by atoms with Gasteiger partial charge < -0.3 is 15.1 Å². The number of nitrogens with zero attached hydrogens (tertiary/aromatic N) is 2. The predicted molar refractivity (Wildman–Crippen MR) is 158 cm³/mol. The van der Waals surface area contributed by atoms with Crippen molar-refractivity contribution >= 4 is 21.7 Å².